The first-order chi connectivity index (χ1) is 14.9. The second-order valence-corrected chi connectivity index (χ2v) is 13.6. The Morgan fingerprint density at radius 2 is 1.26 bits per heavy atom. The molecule has 3 aromatic rings. The third-order valence-electron chi connectivity index (χ3n) is 5.21. The standard InChI is InChI=1S/C27H32N2OSi/c1-31(2,3)29(22-23-14-7-4-8-15-23)28-26(24-16-9-5-10-17-24)20-13-21-27(30)25-18-11-6-12-19-25/h4-12,14-19H,13,20-22H2,1-3H3/b28-26+. The van der Waals surface area contributed by atoms with Crippen LogP contribution in [0, 0.1) is 0 Å². The SMILES string of the molecule is C[Si](C)(C)N(Cc1ccccc1)/N=C(\CCCC(=O)c1ccccc1)c1ccccc1. The minimum absolute atomic E-state index is 0.194. The smallest absolute Gasteiger partial charge is 0.169 e. The Morgan fingerprint density at radius 1 is 0.742 bits per heavy atom. The minimum atomic E-state index is -1.70. The average Bonchev–Trinajstić information content (AvgIpc) is 2.79. The van der Waals surface area contributed by atoms with Crippen molar-refractivity contribution in [1.82, 2.24) is 4.67 Å². The molecule has 0 aliphatic heterocycles. The van der Waals surface area contributed by atoms with Gasteiger partial charge >= 0.3 is 0 Å². The van der Waals surface area contributed by atoms with Crippen LogP contribution in [0.5, 0.6) is 0 Å². The summed E-state index contributed by atoms with van der Waals surface area (Å²) in [5.74, 6) is 0.194. The summed E-state index contributed by atoms with van der Waals surface area (Å²) in [6.07, 6.45) is 2.09. The normalized spacial score (nSPS) is 11.9. The molecule has 0 saturated heterocycles. The van der Waals surface area contributed by atoms with Gasteiger partial charge in [0.05, 0.1) is 12.3 Å². The number of hydrogen-bond acceptors (Lipinski definition) is 3. The second-order valence-electron chi connectivity index (χ2n) is 8.77. The summed E-state index contributed by atoms with van der Waals surface area (Å²) in [6.45, 7) is 7.76. The summed E-state index contributed by atoms with van der Waals surface area (Å²) >= 11 is 0. The van der Waals surface area contributed by atoms with Gasteiger partial charge in [-0.25, -0.2) is 0 Å². The van der Waals surface area contributed by atoms with Crippen molar-refractivity contribution in [2.24, 2.45) is 5.10 Å². The zero-order valence-corrected chi connectivity index (χ0v) is 19.8. The molecule has 0 heterocycles. The zero-order chi connectivity index (χ0) is 22.1. The Kier molecular flexibility index (Phi) is 7.96. The Labute approximate surface area is 187 Å². The molecule has 0 atom stereocenters. The summed E-state index contributed by atoms with van der Waals surface area (Å²) in [5, 5.41) is 5.18. The summed E-state index contributed by atoms with van der Waals surface area (Å²) in [5.41, 5.74) is 4.24. The number of hydrazone groups is 1. The molecule has 0 radical (unpaired) electrons. The number of Topliss-reactive ketones (excluding diaryl/α,β-unsaturated/α-hetero) is 1. The molecule has 0 amide bonds. The highest BCUT2D eigenvalue weighted by atomic mass is 28.3. The summed E-state index contributed by atoms with van der Waals surface area (Å²) < 4.78 is 2.30. The van der Waals surface area contributed by atoms with Crippen molar-refractivity contribution in [1.29, 1.82) is 0 Å². The molecule has 3 rings (SSSR count). The molecule has 0 spiro atoms. The van der Waals surface area contributed by atoms with Gasteiger partial charge in [0, 0.05) is 12.0 Å². The lowest BCUT2D eigenvalue weighted by molar-refractivity contribution is 0.0981. The van der Waals surface area contributed by atoms with E-state index in [9.17, 15) is 4.79 Å². The molecular weight excluding hydrogens is 396 g/mol. The molecule has 0 aromatic heterocycles. The molecule has 3 nitrogen and oxygen atoms in total. The molecule has 0 saturated carbocycles. The lowest BCUT2D eigenvalue weighted by Gasteiger charge is -2.32. The van der Waals surface area contributed by atoms with Gasteiger partial charge in [-0.05, 0) is 24.0 Å². The maximum atomic E-state index is 12.5. The van der Waals surface area contributed by atoms with E-state index >= 15 is 0 Å². The topological polar surface area (TPSA) is 32.7 Å². The van der Waals surface area contributed by atoms with Crippen LogP contribution in [0.25, 0.3) is 0 Å². The number of hydrogen-bond donors (Lipinski definition) is 0. The lowest BCUT2D eigenvalue weighted by Crippen LogP contribution is -2.42. The first-order valence-electron chi connectivity index (χ1n) is 11.0. The third kappa shape index (κ3) is 7.04. The predicted octanol–water partition coefficient (Wildman–Crippen LogP) is 6.78. The lowest BCUT2D eigenvalue weighted by atomic mass is 10.0. The molecule has 3 aromatic carbocycles. The molecule has 0 unspecified atom stereocenters. The number of carbonyl (C=O) groups is 1. The van der Waals surface area contributed by atoms with Crippen LogP contribution in [0.4, 0.5) is 0 Å². The molecule has 160 valence electrons. The van der Waals surface area contributed by atoms with Gasteiger partial charge in [-0.2, -0.15) is 5.10 Å². The number of ketones is 1. The fourth-order valence-corrected chi connectivity index (χ4v) is 4.47. The quantitative estimate of drug-likeness (QED) is 0.154. The van der Waals surface area contributed by atoms with E-state index in [-0.39, 0.29) is 5.78 Å². The maximum absolute atomic E-state index is 12.5. The van der Waals surface area contributed by atoms with Gasteiger partial charge in [0.1, 0.15) is 0 Å². The average molecular weight is 429 g/mol. The Bertz CT molecular complexity index is 980. The van der Waals surface area contributed by atoms with Crippen molar-refractivity contribution in [2.45, 2.75) is 45.4 Å². The van der Waals surface area contributed by atoms with E-state index in [2.05, 4.69) is 72.8 Å². The number of benzene rings is 3. The van der Waals surface area contributed by atoms with Crippen LogP contribution in [0.3, 0.4) is 0 Å². The Morgan fingerprint density at radius 3 is 1.81 bits per heavy atom. The fourth-order valence-electron chi connectivity index (χ4n) is 3.39. The highest BCUT2D eigenvalue weighted by molar-refractivity contribution is 6.73. The van der Waals surface area contributed by atoms with Crippen LogP contribution < -0.4 is 0 Å². The largest absolute Gasteiger partial charge is 0.320 e. The number of nitrogens with zero attached hydrogens (tertiary/aromatic N) is 2. The third-order valence-corrected chi connectivity index (χ3v) is 7.02. The highest BCUT2D eigenvalue weighted by Crippen LogP contribution is 2.19. The van der Waals surface area contributed by atoms with Gasteiger partial charge in [-0.1, -0.05) is 111 Å². The molecule has 0 N–H and O–H groups in total. The van der Waals surface area contributed by atoms with Gasteiger partial charge in [-0.3, -0.25) is 4.79 Å². The predicted molar refractivity (Wildman–Crippen MR) is 133 cm³/mol. The van der Waals surface area contributed by atoms with E-state index in [0.29, 0.717) is 6.42 Å². The van der Waals surface area contributed by atoms with E-state index in [0.717, 1.165) is 36.2 Å². The molecule has 0 aliphatic rings. The van der Waals surface area contributed by atoms with E-state index in [4.69, 9.17) is 5.10 Å². The van der Waals surface area contributed by atoms with Crippen molar-refractivity contribution < 1.29 is 4.79 Å². The Hall–Kier alpha value is -2.98. The molecule has 0 aliphatic carbocycles. The van der Waals surface area contributed by atoms with Gasteiger partial charge in [0.25, 0.3) is 0 Å². The Balaban J connectivity index is 1.79. The van der Waals surface area contributed by atoms with Crippen molar-refractivity contribution in [3.8, 4) is 0 Å². The van der Waals surface area contributed by atoms with Gasteiger partial charge in [-0.15, -0.1) is 0 Å². The van der Waals surface area contributed by atoms with Crippen LogP contribution in [-0.4, -0.2) is 24.4 Å². The van der Waals surface area contributed by atoms with Crippen LogP contribution in [0.1, 0.15) is 40.7 Å². The van der Waals surface area contributed by atoms with E-state index in [1.807, 2.05) is 42.5 Å². The summed E-state index contributed by atoms with van der Waals surface area (Å²) in [7, 11) is -1.70. The van der Waals surface area contributed by atoms with Crippen LogP contribution >= 0.6 is 0 Å². The van der Waals surface area contributed by atoms with Gasteiger partial charge < -0.3 is 4.67 Å². The van der Waals surface area contributed by atoms with Crippen LogP contribution in [0.15, 0.2) is 96.1 Å². The first-order valence-corrected chi connectivity index (χ1v) is 14.4. The van der Waals surface area contributed by atoms with Crippen molar-refractivity contribution in [3.05, 3.63) is 108 Å². The van der Waals surface area contributed by atoms with E-state index < -0.39 is 8.24 Å². The molecule has 0 fully saturated rings. The van der Waals surface area contributed by atoms with Gasteiger partial charge in [0.15, 0.2) is 14.0 Å². The summed E-state index contributed by atoms with van der Waals surface area (Å²) in [6, 6.07) is 30.4. The van der Waals surface area contributed by atoms with Crippen LogP contribution in [-0.2, 0) is 6.54 Å². The number of rotatable bonds is 10. The van der Waals surface area contributed by atoms with E-state index in [1.165, 1.54) is 5.56 Å². The molecular formula is C27H32N2OSi. The number of carbonyl (C=O) groups excluding carboxylic acids is 1. The maximum Gasteiger partial charge on any atom is 0.169 e. The van der Waals surface area contributed by atoms with Gasteiger partial charge in [0.2, 0.25) is 0 Å². The second kappa shape index (κ2) is 10.9. The molecule has 31 heavy (non-hydrogen) atoms. The van der Waals surface area contributed by atoms with Crippen molar-refractivity contribution >= 4 is 19.7 Å². The zero-order valence-electron chi connectivity index (χ0n) is 18.8. The fraction of sp³-hybridized carbons (Fsp3) is 0.259. The monoisotopic (exact) mass is 428 g/mol. The molecule has 0 bridgehead atoms. The first kappa shape index (κ1) is 22.7. The minimum Gasteiger partial charge on any atom is -0.320 e. The highest BCUT2D eigenvalue weighted by Gasteiger charge is 2.24. The summed E-state index contributed by atoms with van der Waals surface area (Å²) in [4.78, 5) is 12.5. The molecule has 4 heteroatoms. The van der Waals surface area contributed by atoms with Crippen molar-refractivity contribution in [3.63, 3.8) is 0 Å². The van der Waals surface area contributed by atoms with Crippen molar-refractivity contribution in [2.75, 3.05) is 0 Å². The van der Waals surface area contributed by atoms with Crippen LogP contribution in [0.2, 0.25) is 19.6 Å². The van der Waals surface area contributed by atoms with E-state index in [1.54, 1.807) is 0 Å².